The number of rotatable bonds is 2. The van der Waals surface area contributed by atoms with E-state index in [0.717, 1.165) is 17.4 Å². The molecule has 3 rings (SSSR count). The first kappa shape index (κ1) is 8.59. The average Bonchev–Trinajstić information content (AvgIpc) is 2.80. The Labute approximate surface area is 85.6 Å². The fourth-order valence-electron chi connectivity index (χ4n) is 1.97. The van der Waals surface area contributed by atoms with Gasteiger partial charge in [0.05, 0.1) is 18.0 Å². The number of hydrogen-bond acceptors (Lipinski definition) is 2. The zero-order valence-corrected chi connectivity index (χ0v) is 7.93. The lowest BCUT2D eigenvalue weighted by Crippen LogP contribution is -1.96. The SMILES string of the molecule is O=Cc1c([C@H]2C[C@H]2F)ccn2cncc12. The maximum atomic E-state index is 13.0. The smallest absolute Gasteiger partial charge is 0.152 e. The third-order valence-electron chi connectivity index (χ3n) is 2.90. The van der Waals surface area contributed by atoms with Crippen molar-refractivity contribution in [2.45, 2.75) is 18.5 Å². The van der Waals surface area contributed by atoms with E-state index >= 15 is 0 Å². The van der Waals surface area contributed by atoms with E-state index in [4.69, 9.17) is 0 Å². The molecule has 1 fully saturated rings. The van der Waals surface area contributed by atoms with Gasteiger partial charge in [-0.15, -0.1) is 0 Å². The Bertz CT molecular complexity index is 534. The number of aromatic nitrogens is 2. The summed E-state index contributed by atoms with van der Waals surface area (Å²) in [4.78, 5) is 15.0. The molecule has 1 aliphatic carbocycles. The summed E-state index contributed by atoms with van der Waals surface area (Å²) in [5.41, 5.74) is 2.13. The van der Waals surface area contributed by atoms with E-state index in [-0.39, 0.29) is 5.92 Å². The lowest BCUT2D eigenvalue weighted by Gasteiger charge is -2.04. The van der Waals surface area contributed by atoms with Gasteiger partial charge in [0.1, 0.15) is 6.17 Å². The predicted octanol–water partition coefficient (Wildman–Crippen LogP) is 1.97. The number of pyridine rings is 1. The van der Waals surface area contributed by atoms with Crippen molar-refractivity contribution in [1.82, 2.24) is 9.38 Å². The second-order valence-corrected chi connectivity index (χ2v) is 3.85. The number of imidazole rings is 1. The van der Waals surface area contributed by atoms with E-state index in [0.29, 0.717) is 12.0 Å². The zero-order valence-electron chi connectivity index (χ0n) is 7.93. The molecule has 0 aromatic carbocycles. The average molecular weight is 204 g/mol. The molecule has 0 amide bonds. The van der Waals surface area contributed by atoms with E-state index < -0.39 is 6.17 Å². The van der Waals surface area contributed by atoms with Crippen LogP contribution in [0.25, 0.3) is 5.52 Å². The number of hydrogen-bond donors (Lipinski definition) is 0. The molecule has 0 bridgehead atoms. The van der Waals surface area contributed by atoms with Gasteiger partial charge in [0, 0.05) is 17.7 Å². The van der Waals surface area contributed by atoms with E-state index in [1.807, 2.05) is 12.3 Å². The van der Waals surface area contributed by atoms with Crippen molar-refractivity contribution in [2.75, 3.05) is 0 Å². The molecule has 0 aliphatic heterocycles. The minimum atomic E-state index is -0.783. The fourth-order valence-corrected chi connectivity index (χ4v) is 1.97. The van der Waals surface area contributed by atoms with Gasteiger partial charge < -0.3 is 4.40 Å². The maximum Gasteiger partial charge on any atom is 0.152 e. The highest BCUT2D eigenvalue weighted by Crippen LogP contribution is 2.44. The first-order valence-corrected chi connectivity index (χ1v) is 4.85. The van der Waals surface area contributed by atoms with Crippen LogP contribution in [0.15, 0.2) is 24.8 Å². The first-order valence-electron chi connectivity index (χ1n) is 4.85. The van der Waals surface area contributed by atoms with Crippen molar-refractivity contribution < 1.29 is 9.18 Å². The van der Waals surface area contributed by atoms with Gasteiger partial charge in [-0.3, -0.25) is 4.79 Å². The van der Waals surface area contributed by atoms with Gasteiger partial charge >= 0.3 is 0 Å². The molecule has 0 unspecified atom stereocenters. The summed E-state index contributed by atoms with van der Waals surface area (Å²) in [6, 6.07) is 1.81. The van der Waals surface area contributed by atoms with Crippen molar-refractivity contribution in [2.24, 2.45) is 0 Å². The highest BCUT2D eigenvalue weighted by molar-refractivity contribution is 5.88. The van der Waals surface area contributed by atoms with Gasteiger partial charge in [0.25, 0.3) is 0 Å². The van der Waals surface area contributed by atoms with Crippen LogP contribution in [0.4, 0.5) is 4.39 Å². The molecule has 15 heavy (non-hydrogen) atoms. The highest BCUT2D eigenvalue weighted by Gasteiger charge is 2.40. The molecule has 3 nitrogen and oxygen atoms in total. The number of halogens is 1. The fraction of sp³-hybridized carbons (Fsp3) is 0.273. The number of nitrogens with zero attached hydrogens (tertiary/aromatic N) is 2. The van der Waals surface area contributed by atoms with Crippen LogP contribution in [0, 0.1) is 0 Å². The molecule has 4 heteroatoms. The third-order valence-corrected chi connectivity index (χ3v) is 2.90. The number of carbonyl (C=O) groups is 1. The van der Waals surface area contributed by atoms with Crippen molar-refractivity contribution in [3.8, 4) is 0 Å². The van der Waals surface area contributed by atoms with Gasteiger partial charge in [-0.25, -0.2) is 9.37 Å². The molecule has 2 heterocycles. The minimum Gasteiger partial charge on any atom is -0.306 e. The third kappa shape index (κ3) is 1.17. The number of fused-ring (bicyclic) bond motifs is 1. The summed E-state index contributed by atoms with van der Waals surface area (Å²) in [5.74, 6) is -0.0925. The first-order chi connectivity index (χ1) is 7.31. The van der Waals surface area contributed by atoms with Crippen LogP contribution < -0.4 is 0 Å². The molecule has 0 N–H and O–H groups in total. The minimum absolute atomic E-state index is 0.0925. The van der Waals surface area contributed by atoms with Crippen molar-refractivity contribution >= 4 is 11.8 Å². The predicted molar refractivity (Wildman–Crippen MR) is 52.8 cm³/mol. The second kappa shape index (κ2) is 2.89. The van der Waals surface area contributed by atoms with E-state index in [1.165, 1.54) is 0 Å². The van der Waals surface area contributed by atoms with Crippen molar-refractivity contribution in [3.63, 3.8) is 0 Å². The maximum absolute atomic E-state index is 13.0. The summed E-state index contributed by atoms with van der Waals surface area (Å²) >= 11 is 0. The molecule has 0 saturated heterocycles. The number of alkyl halides is 1. The molecule has 1 aliphatic rings. The Morgan fingerprint density at radius 1 is 1.60 bits per heavy atom. The Kier molecular flexibility index (Phi) is 1.65. The van der Waals surface area contributed by atoms with Gasteiger partial charge in [0.15, 0.2) is 6.29 Å². The number of aldehydes is 1. The molecule has 2 aromatic heterocycles. The lowest BCUT2D eigenvalue weighted by molar-refractivity contribution is 0.112. The van der Waals surface area contributed by atoms with Gasteiger partial charge in [0.2, 0.25) is 0 Å². The van der Waals surface area contributed by atoms with Crippen molar-refractivity contribution in [1.29, 1.82) is 0 Å². The van der Waals surface area contributed by atoms with Crippen LogP contribution in [0.1, 0.15) is 28.3 Å². The van der Waals surface area contributed by atoms with Crippen LogP contribution in [0.5, 0.6) is 0 Å². The molecule has 0 radical (unpaired) electrons. The van der Waals surface area contributed by atoms with Crippen molar-refractivity contribution in [3.05, 3.63) is 35.9 Å². The van der Waals surface area contributed by atoms with Crippen LogP contribution in [0.3, 0.4) is 0 Å². The monoisotopic (exact) mass is 204 g/mol. The Morgan fingerprint density at radius 2 is 2.40 bits per heavy atom. The Balaban J connectivity index is 2.24. The topological polar surface area (TPSA) is 34.4 Å². The van der Waals surface area contributed by atoms with Gasteiger partial charge in [-0.2, -0.15) is 0 Å². The molecule has 1 saturated carbocycles. The van der Waals surface area contributed by atoms with Crippen LogP contribution in [-0.2, 0) is 0 Å². The zero-order chi connectivity index (χ0) is 10.4. The summed E-state index contributed by atoms with van der Waals surface area (Å²) in [6.07, 6.45) is 5.61. The van der Waals surface area contributed by atoms with Crippen LogP contribution >= 0.6 is 0 Å². The molecule has 0 spiro atoms. The van der Waals surface area contributed by atoms with E-state index in [9.17, 15) is 9.18 Å². The quantitative estimate of drug-likeness (QED) is 0.701. The van der Waals surface area contributed by atoms with Gasteiger partial charge in [-0.05, 0) is 18.1 Å². The Hall–Kier alpha value is -1.71. The molecular formula is C11H9FN2O. The van der Waals surface area contributed by atoms with Crippen LogP contribution in [0.2, 0.25) is 0 Å². The van der Waals surface area contributed by atoms with Crippen LogP contribution in [-0.4, -0.2) is 21.8 Å². The standard InChI is InChI=1S/C11H9FN2O/c12-10-3-8(10)7-1-2-14-6-13-4-11(14)9(7)5-15/h1-2,4-6,8,10H,3H2/t8-,10-/m1/s1. The molecule has 76 valence electrons. The highest BCUT2D eigenvalue weighted by atomic mass is 19.1. The molecule has 2 aromatic rings. The summed E-state index contributed by atoms with van der Waals surface area (Å²) in [5, 5.41) is 0. The summed E-state index contributed by atoms with van der Waals surface area (Å²) in [6.45, 7) is 0. The van der Waals surface area contributed by atoms with E-state index in [1.54, 1.807) is 16.9 Å². The summed E-state index contributed by atoms with van der Waals surface area (Å²) < 4.78 is 14.7. The lowest BCUT2D eigenvalue weighted by atomic mass is 10.1. The van der Waals surface area contributed by atoms with Gasteiger partial charge in [-0.1, -0.05) is 0 Å². The molecule has 2 atom stereocenters. The normalized spacial score (nSPS) is 24.3. The Morgan fingerprint density at radius 3 is 3.07 bits per heavy atom. The summed E-state index contributed by atoms with van der Waals surface area (Å²) in [7, 11) is 0. The second-order valence-electron chi connectivity index (χ2n) is 3.85. The molecular weight excluding hydrogens is 195 g/mol. The number of carbonyl (C=O) groups excluding carboxylic acids is 1. The largest absolute Gasteiger partial charge is 0.306 e. The van der Waals surface area contributed by atoms with E-state index in [2.05, 4.69) is 4.98 Å².